The zero-order chi connectivity index (χ0) is 32.0. The van der Waals surface area contributed by atoms with Gasteiger partial charge in [0.05, 0.1) is 11.5 Å². The Morgan fingerprint density at radius 3 is 2.34 bits per heavy atom. The van der Waals surface area contributed by atoms with Crippen molar-refractivity contribution in [1.29, 1.82) is 0 Å². The Morgan fingerprint density at radius 2 is 1.68 bits per heavy atom. The normalized spacial score (nSPS) is 12.4. The number of aliphatic hydroxyl groups is 1. The van der Waals surface area contributed by atoms with E-state index in [1.54, 1.807) is 12.4 Å². The van der Waals surface area contributed by atoms with Crippen molar-refractivity contribution in [2.75, 3.05) is 0 Å². The third-order valence-electron chi connectivity index (χ3n) is 7.96. The summed E-state index contributed by atoms with van der Waals surface area (Å²) in [5.41, 5.74) is 5.11. The molecule has 2 heterocycles. The molecule has 0 atom stereocenters. The van der Waals surface area contributed by atoms with Crippen LogP contribution in [0.4, 0.5) is 0 Å². The second-order valence-electron chi connectivity index (χ2n) is 12.4. The van der Waals surface area contributed by atoms with E-state index in [0.29, 0.717) is 17.3 Å². The Labute approximate surface area is 276 Å². The molecule has 2 aromatic heterocycles. The summed E-state index contributed by atoms with van der Waals surface area (Å²) in [7, 11) is 0. The van der Waals surface area contributed by atoms with Crippen molar-refractivity contribution in [3.63, 3.8) is 0 Å². The summed E-state index contributed by atoms with van der Waals surface area (Å²) in [6.45, 7) is 14.8. The van der Waals surface area contributed by atoms with Gasteiger partial charge in [-0.1, -0.05) is 83.7 Å². The number of allylic oxidation sites excluding steroid dienone is 2. The molecule has 0 saturated carbocycles. The number of rotatable bonds is 9. The van der Waals surface area contributed by atoms with E-state index in [2.05, 4.69) is 55.0 Å². The fraction of sp³-hybridized carbons (Fsp3) is 0.395. The van der Waals surface area contributed by atoms with Gasteiger partial charge in [0.25, 0.3) is 0 Å². The molecule has 0 aliphatic carbocycles. The molecular formula is C38H45IrN2O3-. The van der Waals surface area contributed by atoms with Crippen LogP contribution in [-0.4, -0.2) is 20.9 Å². The maximum absolute atomic E-state index is 11.7. The number of hydrogen-bond donors (Lipinski definition) is 1. The van der Waals surface area contributed by atoms with Gasteiger partial charge in [0.2, 0.25) is 0 Å². The molecule has 5 aromatic rings. The summed E-state index contributed by atoms with van der Waals surface area (Å²) in [6, 6.07) is 19.8. The molecule has 0 amide bonds. The van der Waals surface area contributed by atoms with Crippen molar-refractivity contribution >= 4 is 38.6 Å². The monoisotopic (exact) mass is 771 g/mol. The van der Waals surface area contributed by atoms with Crippen LogP contribution in [-0.2, 0) is 31.3 Å². The van der Waals surface area contributed by atoms with Crippen LogP contribution in [0.15, 0.2) is 77.2 Å². The summed E-state index contributed by atoms with van der Waals surface area (Å²) in [5.74, 6) is 0.547. The minimum Gasteiger partial charge on any atom is -0.512 e. The zero-order valence-electron chi connectivity index (χ0n) is 28.0. The third-order valence-corrected chi connectivity index (χ3v) is 7.96. The van der Waals surface area contributed by atoms with Crippen molar-refractivity contribution in [2.24, 2.45) is 17.3 Å². The molecule has 0 aliphatic rings. The number of benzene rings is 3. The second-order valence-corrected chi connectivity index (χ2v) is 12.4. The first-order valence-electron chi connectivity index (χ1n) is 16.0. The molecule has 6 heteroatoms. The summed E-state index contributed by atoms with van der Waals surface area (Å²) in [4.78, 5) is 20.7. The van der Waals surface area contributed by atoms with Crippen LogP contribution in [0.25, 0.3) is 44.1 Å². The first-order valence-corrected chi connectivity index (χ1v) is 15.5. The minimum absolute atomic E-state index is 0. The van der Waals surface area contributed by atoms with Gasteiger partial charge in [-0.25, -0.2) is 4.98 Å². The Balaban J connectivity index is 0.000000297. The maximum atomic E-state index is 11.7. The Morgan fingerprint density at radius 1 is 1.00 bits per heavy atom. The Hall–Kier alpha value is -3.34. The van der Waals surface area contributed by atoms with Crippen molar-refractivity contribution in [3.05, 3.63) is 84.4 Å². The van der Waals surface area contributed by atoms with Gasteiger partial charge in [-0.05, 0) is 55.2 Å². The van der Waals surface area contributed by atoms with Crippen LogP contribution < -0.4 is 0 Å². The number of aliphatic hydroxyl groups excluding tert-OH is 1. The standard InChI is InChI=1S/C25H21N2O.C13H24O2.Ir/c1-25(2,3)14-16-8-11-20-21(12-16)28-24-22(26-15-27-23(20)24)19-10-9-17-6-4-5-7-18(17)13-19;1-5-10(6-2)12(14)9-13(15)11(7-3)8-4;/h4-12,15H,14H2,1-3H3;9-11,14H,5-8H2,1-4H3;/q-1;;/b;12-9-;/i9D;;. The molecule has 5 rings (SSSR count). The molecular weight excluding hydrogens is 725 g/mol. The summed E-state index contributed by atoms with van der Waals surface area (Å²) >= 11 is 0. The second kappa shape index (κ2) is 15.6. The smallest absolute Gasteiger partial charge is 0.162 e. The first-order chi connectivity index (χ1) is 21.0. The van der Waals surface area contributed by atoms with Crippen molar-refractivity contribution < 1.29 is 35.8 Å². The number of furan rings is 1. The van der Waals surface area contributed by atoms with Gasteiger partial charge >= 0.3 is 0 Å². The summed E-state index contributed by atoms with van der Waals surface area (Å²) in [5, 5.41) is 12.5. The van der Waals surface area contributed by atoms with Gasteiger partial charge in [-0.15, -0.1) is 29.6 Å². The maximum Gasteiger partial charge on any atom is 0.162 e. The molecule has 235 valence electrons. The molecule has 0 unspecified atom stereocenters. The van der Waals surface area contributed by atoms with Crippen LogP contribution in [0.1, 0.15) is 81.1 Å². The molecule has 3 aromatic carbocycles. The number of hydrogen-bond acceptors (Lipinski definition) is 5. The van der Waals surface area contributed by atoms with E-state index in [4.69, 9.17) is 5.79 Å². The average Bonchev–Trinajstić information content (AvgIpc) is 3.36. The van der Waals surface area contributed by atoms with E-state index < -0.39 is 0 Å². The first kappa shape index (κ1) is 33.6. The topological polar surface area (TPSA) is 76.2 Å². The predicted octanol–water partition coefficient (Wildman–Crippen LogP) is 10.5. The van der Waals surface area contributed by atoms with Crippen LogP contribution in [0.5, 0.6) is 0 Å². The SMILES string of the molecule is CCC(CC)C(=O)/C=C(\O)C(CC)CC.[2H]c1cc(-c2ncnc3c2oc2cc(CC(C)(C)C)ccc23)[c-]c2ccccc12.[Ir]. The van der Waals surface area contributed by atoms with E-state index >= 15 is 0 Å². The molecule has 0 spiro atoms. The van der Waals surface area contributed by atoms with Crippen molar-refractivity contribution in [1.82, 2.24) is 9.97 Å². The number of nitrogens with zero attached hydrogens (tertiary/aromatic N) is 2. The number of carbonyl (C=O) groups excluding carboxylic acids is 1. The van der Waals surface area contributed by atoms with Gasteiger partial charge in [0.15, 0.2) is 5.78 Å². The van der Waals surface area contributed by atoms with Gasteiger partial charge in [0.1, 0.15) is 23.0 Å². The van der Waals surface area contributed by atoms with E-state index in [1.165, 1.54) is 11.6 Å². The predicted molar refractivity (Wildman–Crippen MR) is 178 cm³/mol. The van der Waals surface area contributed by atoms with Crippen LogP contribution in [0.2, 0.25) is 0 Å². The van der Waals surface area contributed by atoms with E-state index in [1.807, 2.05) is 52.0 Å². The number of aromatic nitrogens is 2. The van der Waals surface area contributed by atoms with Crippen LogP contribution in [0.3, 0.4) is 0 Å². The average molecular weight is 771 g/mol. The van der Waals surface area contributed by atoms with E-state index in [9.17, 15) is 9.90 Å². The summed E-state index contributed by atoms with van der Waals surface area (Å²) in [6.07, 6.45) is 7.44. The van der Waals surface area contributed by atoms with E-state index in [-0.39, 0.29) is 48.9 Å². The molecule has 5 nitrogen and oxygen atoms in total. The van der Waals surface area contributed by atoms with Crippen molar-refractivity contribution in [2.45, 2.75) is 80.6 Å². The third kappa shape index (κ3) is 8.43. The molecule has 0 bridgehead atoms. The molecule has 44 heavy (non-hydrogen) atoms. The molecule has 0 fully saturated rings. The van der Waals surface area contributed by atoms with Crippen molar-refractivity contribution in [3.8, 4) is 11.3 Å². The Kier molecular flexibility index (Phi) is 11.9. The molecule has 1 N–H and O–H groups in total. The zero-order valence-corrected chi connectivity index (χ0v) is 29.4. The van der Waals surface area contributed by atoms with E-state index in [0.717, 1.165) is 64.9 Å². The number of carbonyl (C=O) groups is 1. The van der Waals surface area contributed by atoms with Gasteiger partial charge in [-0.2, -0.15) is 0 Å². The fourth-order valence-corrected chi connectivity index (χ4v) is 5.49. The van der Waals surface area contributed by atoms with Crippen LogP contribution >= 0.6 is 0 Å². The summed E-state index contributed by atoms with van der Waals surface area (Å²) < 4.78 is 14.6. The van der Waals surface area contributed by atoms with Gasteiger partial charge in [0, 0.05) is 44.8 Å². The minimum atomic E-state index is 0. The largest absolute Gasteiger partial charge is 0.512 e. The number of ketones is 1. The molecule has 0 aliphatic heterocycles. The Bertz CT molecular complexity index is 1780. The van der Waals surface area contributed by atoms with Crippen LogP contribution in [0, 0.1) is 23.3 Å². The number of fused-ring (bicyclic) bond motifs is 4. The fourth-order valence-electron chi connectivity index (χ4n) is 5.49. The van der Waals surface area contributed by atoms with Gasteiger partial charge in [-0.3, -0.25) is 9.78 Å². The van der Waals surface area contributed by atoms with Gasteiger partial charge < -0.3 is 9.52 Å². The molecule has 1 radical (unpaired) electrons. The quantitative estimate of drug-likeness (QED) is 0.0918. The molecule has 0 saturated heterocycles.